The maximum Gasteiger partial charge on any atom is 0.318 e. The number of hydrogen-bond acceptors (Lipinski definition) is 5. The van der Waals surface area contributed by atoms with Gasteiger partial charge < -0.3 is 10.5 Å². The van der Waals surface area contributed by atoms with E-state index in [0.29, 0.717) is 12.0 Å². The molecule has 1 aromatic heterocycles. The summed E-state index contributed by atoms with van der Waals surface area (Å²) in [5.74, 6) is -0.350. The lowest BCUT2D eigenvalue weighted by atomic mass is 10.4. The molecule has 0 unspecified atom stereocenters. The largest absolute Gasteiger partial charge is 0.482 e. The van der Waals surface area contributed by atoms with Gasteiger partial charge in [-0.25, -0.2) is 9.78 Å². The second-order valence-electron chi connectivity index (χ2n) is 2.74. The zero-order valence-electron chi connectivity index (χ0n) is 8.17. The number of ether oxygens (including phenoxy) is 1. The summed E-state index contributed by atoms with van der Waals surface area (Å²) in [5.41, 5.74) is 4.98. The van der Waals surface area contributed by atoms with Gasteiger partial charge in [-0.05, 0) is 12.1 Å². The van der Waals surface area contributed by atoms with Crippen molar-refractivity contribution in [1.29, 1.82) is 0 Å². The lowest BCUT2D eigenvalue weighted by Crippen LogP contribution is -2.38. The number of hydrogen-bond donors (Lipinski definition) is 2. The molecule has 0 fully saturated rings. The highest BCUT2D eigenvalue weighted by atomic mass is 16.5. The van der Waals surface area contributed by atoms with Crippen molar-refractivity contribution in [3.05, 3.63) is 24.0 Å². The zero-order chi connectivity index (χ0) is 12.0. The third-order valence-electron chi connectivity index (χ3n) is 1.51. The highest BCUT2D eigenvalue weighted by Crippen LogP contribution is 2.07. The van der Waals surface area contributed by atoms with Gasteiger partial charge in [0.05, 0.1) is 6.20 Å². The van der Waals surface area contributed by atoms with E-state index >= 15 is 0 Å². The second kappa shape index (κ2) is 5.44. The third kappa shape index (κ3) is 3.74. The average molecular weight is 223 g/mol. The van der Waals surface area contributed by atoms with Gasteiger partial charge in [0.2, 0.25) is 0 Å². The first-order chi connectivity index (χ1) is 7.61. The molecule has 0 aliphatic carbocycles. The number of nitrogens with zero attached hydrogens (tertiary/aromatic N) is 1. The predicted octanol–water partition coefficient (Wildman–Crippen LogP) is -0.532. The average Bonchev–Trinajstić information content (AvgIpc) is 2.26. The summed E-state index contributed by atoms with van der Waals surface area (Å²) in [4.78, 5) is 35.2. The van der Waals surface area contributed by atoms with Crippen molar-refractivity contribution in [3.63, 3.8) is 0 Å². The van der Waals surface area contributed by atoms with E-state index in [1.54, 1.807) is 0 Å². The van der Waals surface area contributed by atoms with Gasteiger partial charge in [0, 0.05) is 0 Å². The summed E-state index contributed by atoms with van der Waals surface area (Å²) in [5, 5.41) is 1.83. The molecule has 0 aliphatic heterocycles. The molecular formula is C9H9N3O4. The number of aromatic nitrogens is 1. The van der Waals surface area contributed by atoms with Crippen LogP contribution >= 0.6 is 0 Å². The lowest BCUT2D eigenvalue weighted by Gasteiger charge is -2.04. The van der Waals surface area contributed by atoms with Gasteiger partial charge in [-0.3, -0.25) is 14.9 Å². The number of primary amides is 1. The Morgan fingerprint density at radius 2 is 2.25 bits per heavy atom. The minimum atomic E-state index is -0.942. The molecule has 1 aromatic rings. The Hall–Kier alpha value is -2.44. The molecule has 0 spiro atoms. The van der Waals surface area contributed by atoms with Crippen molar-refractivity contribution in [2.75, 3.05) is 6.61 Å². The lowest BCUT2D eigenvalue weighted by molar-refractivity contribution is -0.121. The number of aldehydes is 1. The quantitative estimate of drug-likeness (QED) is 0.666. The molecule has 0 bridgehead atoms. The van der Waals surface area contributed by atoms with Crippen LogP contribution < -0.4 is 15.8 Å². The van der Waals surface area contributed by atoms with E-state index in [0.717, 1.165) is 0 Å². The van der Waals surface area contributed by atoms with Gasteiger partial charge in [-0.2, -0.15) is 0 Å². The summed E-state index contributed by atoms with van der Waals surface area (Å²) in [6.45, 7) is -0.356. The maximum atomic E-state index is 10.9. The smallest absolute Gasteiger partial charge is 0.318 e. The molecule has 0 atom stereocenters. The van der Waals surface area contributed by atoms with Crippen molar-refractivity contribution < 1.29 is 19.1 Å². The number of nitrogens with two attached hydrogens (primary N) is 1. The molecule has 1 rings (SSSR count). The van der Waals surface area contributed by atoms with Gasteiger partial charge in [-0.1, -0.05) is 0 Å². The Labute approximate surface area is 90.6 Å². The highest BCUT2D eigenvalue weighted by molar-refractivity contribution is 5.94. The van der Waals surface area contributed by atoms with Gasteiger partial charge in [0.25, 0.3) is 5.91 Å². The first kappa shape index (κ1) is 11.6. The molecule has 16 heavy (non-hydrogen) atoms. The number of urea groups is 1. The molecule has 0 aromatic carbocycles. The summed E-state index contributed by atoms with van der Waals surface area (Å²) in [7, 11) is 0. The van der Waals surface area contributed by atoms with Gasteiger partial charge in [0.1, 0.15) is 11.4 Å². The Kier molecular flexibility index (Phi) is 3.96. The van der Waals surface area contributed by atoms with Crippen LogP contribution in [0.5, 0.6) is 5.75 Å². The van der Waals surface area contributed by atoms with E-state index < -0.39 is 11.9 Å². The fraction of sp³-hybridized carbons (Fsp3) is 0.111. The molecule has 0 aliphatic rings. The molecule has 3 N–H and O–H groups in total. The molecular weight excluding hydrogens is 214 g/mol. The van der Waals surface area contributed by atoms with Crippen molar-refractivity contribution in [3.8, 4) is 5.75 Å². The number of nitrogens with one attached hydrogen (secondary N) is 1. The summed E-state index contributed by atoms with van der Waals surface area (Å²) in [6.07, 6.45) is 1.88. The molecule has 0 saturated carbocycles. The van der Waals surface area contributed by atoms with E-state index in [4.69, 9.17) is 10.5 Å². The van der Waals surface area contributed by atoms with E-state index in [2.05, 4.69) is 4.98 Å². The minimum Gasteiger partial charge on any atom is -0.482 e. The van der Waals surface area contributed by atoms with Crippen LogP contribution in [0.3, 0.4) is 0 Å². The number of carbonyl (C=O) groups excluding carboxylic acids is 3. The predicted molar refractivity (Wildman–Crippen MR) is 52.8 cm³/mol. The number of rotatable bonds is 4. The van der Waals surface area contributed by atoms with Crippen molar-refractivity contribution in [1.82, 2.24) is 10.3 Å². The van der Waals surface area contributed by atoms with Crippen molar-refractivity contribution in [2.45, 2.75) is 0 Å². The van der Waals surface area contributed by atoms with E-state index in [9.17, 15) is 14.4 Å². The fourth-order valence-corrected chi connectivity index (χ4v) is 0.869. The Bertz CT molecular complexity index is 402. The van der Waals surface area contributed by atoms with Crippen LogP contribution in [0.4, 0.5) is 4.79 Å². The van der Waals surface area contributed by atoms with E-state index in [1.165, 1.54) is 18.3 Å². The summed E-state index contributed by atoms with van der Waals surface area (Å²) >= 11 is 0. The van der Waals surface area contributed by atoms with Crippen LogP contribution in [0.1, 0.15) is 10.5 Å². The van der Waals surface area contributed by atoms with Gasteiger partial charge >= 0.3 is 6.03 Å². The van der Waals surface area contributed by atoms with Crippen LogP contribution in [0.25, 0.3) is 0 Å². The number of amides is 3. The monoisotopic (exact) mass is 223 g/mol. The summed E-state index contributed by atoms with van der Waals surface area (Å²) in [6, 6.07) is 1.98. The topological polar surface area (TPSA) is 111 Å². The summed E-state index contributed by atoms with van der Waals surface area (Å²) < 4.78 is 4.97. The Morgan fingerprint density at radius 3 is 2.75 bits per heavy atom. The number of carbonyl (C=O) groups is 3. The van der Waals surface area contributed by atoms with Crippen LogP contribution in [0, 0.1) is 0 Å². The number of imide groups is 1. The number of pyridine rings is 1. The fourth-order valence-electron chi connectivity index (χ4n) is 0.869. The van der Waals surface area contributed by atoms with Crippen molar-refractivity contribution >= 4 is 18.2 Å². The third-order valence-corrected chi connectivity index (χ3v) is 1.51. The minimum absolute atomic E-state index is 0.258. The SMILES string of the molecule is NC(=O)NC(=O)COc1ccc(C=O)nc1. The molecule has 1 heterocycles. The van der Waals surface area contributed by atoms with Gasteiger partial charge in [0.15, 0.2) is 12.9 Å². The zero-order valence-corrected chi connectivity index (χ0v) is 8.17. The van der Waals surface area contributed by atoms with Crippen molar-refractivity contribution in [2.24, 2.45) is 5.73 Å². The highest BCUT2D eigenvalue weighted by Gasteiger charge is 2.05. The van der Waals surface area contributed by atoms with Crippen LogP contribution in [-0.2, 0) is 4.79 Å². The standard InChI is InChI=1S/C9H9N3O4/c10-9(15)12-8(14)5-16-7-2-1-6(4-13)11-3-7/h1-4H,5H2,(H3,10,12,14,15). The van der Waals surface area contributed by atoms with E-state index in [1.807, 2.05) is 5.32 Å². The van der Waals surface area contributed by atoms with Crippen LogP contribution in [0.15, 0.2) is 18.3 Å². The normalized spacial score (nSPS) is 9.25. The Morgan fingerprint density at radius 1 is 1.50 bits per heavy atom. The molecule has 0 radical (unpaired) electrons. The van der Waals surface area contributed by atoms with Crippen LogP contribution in [-0.4, -0.2) is 29.8 Å². The maximum absolute atomic E-state index is 10.9. The van der Waals surface area contributed by atoms with Gasteiger partial charge in [-0.15, -0.1) is 0 Å². The molecule has 7 heteroatoms. The molecule has 3 amide bonds. The second-order valence-corrected chi connectivity index (χ2v) is 2.74. The Balaban J connectivity index is 2.45. The molecule has 0 saturated heterocycles. The first-order valence-corrected chi connectivity index (χ1v) is 4.25. The first-order valence-electron chi connectivity index (χ1n) is 4.25. The van der Waals surface area contributed by atoms with E-state index in [-0.39, 0.29) is 12.3 Å². The molecule has 84 valence electrons. The molecule has 7 nitrogen and oxygen atoms in total. The van der Waals surface area contributed by atoms with Crippen LogP contribution in [0.2, 0.25) is 0 Å².